The fourth-order valence-corrected chi connectivity index (χ4v) is 2.52. The van der Waals surface area contributed by atoms with Gasteiger partial charge in [0.05, 0.1) is 17.0 Å². The Kier molecular flexibility index (Phi) is 4.16. The van der Waals surface area contributed by atoms with Gasteiger partial charge in [-0.1, -0.05) is 0 Å². The lowest BCUT2D eigenvalue weighted by atomic mass is 10.2. The first kappa shape index (κ1) is 14.0. The highest BCUT2D eigenvalue weighted by molar-refractivity contribution is 9.10. The molecular weight excluding hydrogens is 330 g/mol. The van der Waals surface area contributed by atoms with Gasteiger partial charge in [-0.15, -0.1) is 5.10 Å². The van der Waals surface area contributed by atoms with Crippen LogP contribution in [0.25, 0.3) is 0 Å². The van der Waals surface area contributed by atoms with Crippen molar-refractivity contribution in [3.05, 3.63) is 39.6 Å². The van der Waals surface area contributed by atoms with Crippen LogP contribution in [0.15, 0.2) is 32.7 Å². The van der Waals surface area contributed by atoms with Gasteiger partial charge in [0.15, 0.2) is 0 Å². The molecule has 0 radical (unpaired) electrons. The first-order valence-corrected chi connectivity index (χ1v) is 6.97. The number of rotatable bonds is 3. The maximum atomic E-state index is 11.0. The normalized spacial score (nSPS) is 10.5. The second-order valence-electron chi connectivity index (χ2n) is 3.81. The second-order valence-corrected chi connectivity index (χ2v) is 5.71. The summed E-state index contributed by atoms with van der Waals surface area (Å²) in [6.07, 6.45) is 0. The third kappa shape index (κ3) is 3.30. The highest BCUT2D eigenvalue weighted by Crippen LogP contribution is 2.28. The molecule has 0 aliphatic carbocycles. The number of aromatic carboxylic acids is 1. The smallest absolute Gasteiger partial charge is 0.336 e. The summed E-state index contributed by atoms with van der Waals surface area (Å²) >= 11 is 4.49. The average Bonchev–Trinajstić information content (AvgIpc) is 2.36. The van der Waals surface area contributed by atoms with E-state index in [2.05, 4.69) is 31.1 Å². The monoisotopic (exact) mass is 339 g/mol. The van der Waals surface area contributed by atoms with Crippen molar-refractivity contribution in [3.8, 4) is 0 Å². The van der Waals surface area contributed by atoms with Crippen LogP contribution in [0.2, 0.25) is 0 Å². The molecule has 1 heterocycles. The number of carboxylic acid groups (broad SMARTS) is 1. The van der Waals surface area contributed by atoms with Crippen LogP contribution in [0.4, 0.5) is 0 Å². The zero-order chi connectivity index (χ0) is 14.0. The molecule has 0 amide bonds. The molecule has 0 aliphatic heterocycles. The molecule has 2 aromatic rings. The summed E-state index contributed by atoms with van der Waals surface area (Å²) in [7, 11) is 0. The van der Waals surface area contributed by atoms with Crippen molar-refractivity contribution in [2.45, 2.75) is 23.9 Å². The van der Waals surface area contributed by atoms with Gasteiger partial charge in [-0.3, -0.25) is 0 Å². The number of nitrogens with zero attached hydrogens (tertiary/aromatic N) is 3. The van der Waals surface area contributed by atoms with Crippen LogP contribution in [-0.4, -0.2) is 26.3 Å². The maximum Gasteiger partial charge on any atom is 0.336 e. The standard InChI is InChI=1S/C12H10BrN3O2S/c1-6-7(2)15-16-12(14-6)19-8-3-4-10(13)9(5-8)11(17)18/h3-5H,1-2H3,(H,17,18). The topological polar surface area (TPSA) is 76.0 Å². The summed E-state index contributed by atoms with van der Waals surface area (Å²) in [6, 6.07) is 5.08. The number of halogens is 1. The van der Waals surface area contributed by atoms with Crippen molar-refractivity contribution in [2.24, 2.45) is 0 Å². The van der Waals surface area contributed by atoms with Gasteiger partial charge < -0.3 is 5.11 Å². The van der Waals surface area contributed by atoms with E-state index in [0.717, 1.165) is 16.3 Å². The molecule has 19 heavy (non-hydrogen) atoms. The predicted octanol–water partition coefficient (Wildman–Crippen LogP) is 3.10. The van der Waals surface area contributed by atoms with E-state index in [-0.39, 0.29) is 5.56 Å². The number of hydrogen-bond donors (Lipinski definition) is 1. The number of aryl methyl sites for hydroxylation is 2. The summed E-state index contributed by atoms with van der Waals surface area (Å²) < 4.78 is 0.545. The van der Waals surface area contributed by atoms with E-state index < -0.39 is 5.97 Å². The largest absolute Gasteiger partial charge is 0.478 e. The molecule has 1 aromatic carbocycles. The van der Waals surface area contributed by atoms with Crippen LogP contribution < -0.4 is 0 Å². The quantitative estimate of drug-likeness (QED) is 0.925. The number of carbonyl (C=O) groups is 1. The summed E-state index contributed by atoms with van der Waals surface area (Å²) in [5, 5.41) is 17.5. The van der Waals surface area contributed by atoms with Gasteiger partial charge in [0.25, 0.3) is 0 Å². The molecule has 5 nitrogen and oxygen atoms in total. The van der Waals surface area contributed by atoms with Gasteiger partial charge in [0.2, 0.25) is 5.16 Å². The molecule has 0 saturated heterocycles. The molecule has 98 valence electrons. The van der Waals surface area contributed by atoms with E-state index in [1.165, 1.54) is 11.8 Å². The second kappa shape index (κ2) is 5.66. The minimum atomic E-state index is -0.978. The molecule has 0 atom stereocenters. The van der Waals surface area contributed by atoms with Crippen LogP contribution in [-0.2, 0) is 0 Å². The van der Waals surface area contributed by atoms with Gasteiger partial charge in [0.1, 0.15) is 0 Å². The molecular formula is C12H10BrN3O2S. The fourth-order valence-electron chi connectivity index (χ4n) is 1.32. The minimum Gasteiger partial charge on any atom is -0.478 e. The van der Waals surface area contributed by atoms with E-state index in [1.54, 1.807) is 18.2 Å². The van der Waals surface area contributed by atoms with Crippen molar-refractivity contribution >= 4 is 33.7 Å². The Labute approximate surface area is 122 Å². The zero-order valence-electron chi connectivity index (χ0n) is 10.2. The van der Waals surface area contributed by atoms with Gasteiger partial charge in [0, 0.05) is 9.37 Å². The molecule has 7 heteroatoms. The van der Waals surface area contributed by atoms with E-state index in [0.29, 0.717) is 9.63 Å². The van der Waals surface area contributed by atoms with Crippen molar-refractivity contribution < 1.29 is 9.90 Å². The van der Waals surface area contributed by atoms with Crippen molar-refractivity contribution in [2.75, 3.05) is 0 Å². The van der Waals surface area contributed by atoms with Crippen LogP contribution in [0, 0.1) is 13.8 Å². The van der Waals surface area contributed by atoms with E-state index in [9.17, 15) is 4.79 Å². The maximum absolute atomic E-state index is 11.0. The lowest BCUT2D eigenvalue weighted by Gasteiger charge is -2.04. The highest BCUT2D eigenvalue weighted by Gasteiger charge is 2.11. The van der Waals surface area contributed by atoms with E-state index in [4.69, 9.17) is 5.11 Å². The Morgan fingerprint density at radius 2 is 2.00 bits per heavy atom. The molecule has 1 N–H and O–H groups in total. The number of benzene rings is 1. The van der Waals surface area contributed by atoms with Crippen LogP contribution in [0.1, 0.15) is 21.7 Å². The lowest BCUT2D eigenvalue weighted by molar-refractivity contribution is 0.0695. The molecule has 2 rings (SSSR count). The lowest BCUT2D eigenvalue weighted by Crippen LogP contribution is -1.99. The Balaban J connectivity index is 2.30. The van der Waals surface area contributed by atoms with Gasteiger partial charge in [-0.2, -0.15) is 5.10 Å². The van der Waals surface area contributed by atoms with Crippen LogP contribution in [0.3, 0.4) is 0 Å². The minimum absolute atomic E-state index is 0.210. The summed E-state index contributed by atoms with van der Waals surface area (Å²) in [5.41, 5.74) is 1.81. The first-order chi connectivity index (χ1) is 8.97. The summed E-state index contributed by atoms with van der Waals surface area (Å²) in [6.45, 7) is 3.70. The van der Waals surface area contributed by atoms with Gasteiger partial charge in [-0.25, -0.2) is 9.78 Å². The molecule has 0 bridgehead atoms. The predicted molar refractivity (Wildman–Crippen MR) is 74.5 cm³/mol. The first-order valence-electron chi connectivity index (χ1n) is 5.36. The van der Waals surface area contributed by atoms with Crippen molar-refractivity contribution in [3.63, 3.8) is 0 Å². The highest BCUT2D eigenvalue weighted by atomic mass is 79.9. The Hall–Kier alpha value is -1.47. The third-order valence-electron chi connectivity index (χ3n) is 2.45. The zero-order valence-corrected chi connectivity index (χ0v) is 12.6. The summed E-state index contributed by atoms with van der Waals surface area (Å²) in [4.78, 5) is 16.1. The number of hydrogen-bond acceptors (Lipinski definition) is 5. The van der Waals surface area contributed by atoms with E-state index >= 15 is 0 Å². The molecule has 0 spiro atoms. The number of carboxylic acids is 1. The molecule has 0 aliphatic rings. The molecule has 1 aromatic heterocycles. The number of aromatic nitrogens is 3. The Morgan fingerprint density at radius 1 is 1.26 bits per heavy atom. The van der Waals surface area contributed by atoms with Crippen molar-refractivity contribution in [1.82, 2.24) is 15.2 Å². The van der Waals surface area contributed by atoms with Crippen molar-refractivity contribution in [1.29, 1.82) is 0 Å². The molecule has 0 unspecified atom stereocenters. The SMILES string of the molecule is Cc1nnc(Sc2ccc(Br)c(C(=O)O)c2)nc1C. The molecule has 0 saturated carbocycles. The fraction of sp³-hybridized carbons (Fsp3) is 0.167. The van der Waals surface area contributed by atoms with Crippen LogP contribution >= 0.6 is 27.7 Å². The summed E-state index contributed by atoms with van der Waals surface area (Å²) in [5.74, 6) is -0.978. The Bertz CT molecular complexity index is 649. The Morgan fingerprint density at radius 3 is 2.63 bits per heavy atom. The van der Waals surface area contributed by atoms with E-state index in [1.807, 2.05) is 13.8 Å². The van der Waals surface area contributed by atoms with Crippen LogP contribution in [0.5, 0.6) is 0 Å². The van der Waals surface area contributed by atoms with Gasteiger partial charge >= 0.3 is 5.97 Å². The molecule has 0 fully saturated rings. The average molecular weight is 340 g/mol. The third-order valence-corrected chi connectivity index (χ3v) is 3.99. The van der Waals surface area contributed by atoms with Gasteiger partial charge in [-0.05, 0) is 59.7 Å².